The lowest BCUT2D eigenvalue weighted by molar-refractivity contribution is 0.0719. The topological polar surface area (TPSA) is 52.6 Å². The van der Waals surface area contributed by atoms with Crippen LogP contribution in [0, 0.1) is 0 Å². The van der Waals surface area contributed by atoms with E-state index < -0.39 is 11.9 Å². The maximum atomic E-state index is 12.5. The second-order valence-electron chi connectivity index (χ2n) is 9.27. The summed E-state index contributed by atoms with van der Waals surface area (Å²) in [6.07, 6.45) is 11.8. The van der Waals surface area contributed by atoms with Crippen LogP contribution in [0.25, 0.3) is 0 Å². The first-order valence-corrected chi connectivity index (χ1v) is 13.3. The van der Waals surface area contributed by atoms with Crippen molar-refractivity contribution in [3.05, 3.63) is 95.1 Å². The predicted octanol–water partition coefficient (Wildman–Crippen LogP) is 8.37. The molecule has 0 unspecified atom stereocenters. The summed E-state index contributed by atoms with van der Waals surface area (Å²) in [4.78, 5) is 25.0. The van der Waals surface area contributed by atoms with Crippen molar-refractivity contribution in [1.82, 2.24) is 0 Å². The van der Waals surface area contributed by atoms with Gasteiger partial charge in [-0.2, -0.15) is 0 Å². The number of esters is 2. The third kappa shape index (κ3) is 8.99. The van der Waals surface area contributed by atoms with E-state index in [-0.39, 0.29) is 0 Å². The highest BCUT2D eigenvalue weighted by atomic mass is 16.5. The molecule has 3 aromatic rings. The molecule has 36 heavy (non-hydrogen) atoms. The van der Waals surface area contributed by atoms with Gasteiger partial charge in [-0.05, 0) is 85.3 Å². The largest absolute Gasteiger partial charge is 0.423 e. The van der Waals surface area contributed by atoms with Crippen molar-refractivity contribution in [2.75, 3.05) is 0 Å². The lowest BCUT2D eigenvalue weighted by atomic mass is 10.0. The molecule has 0 atom stereocenters. The molecule has 0 saturated carbocycles. The fraction of sp³-hybridized carbons (Fsp3) is 0.375. The Hall–Kier alpha value is -3.40. The van der Waals surface area contributed by atoms with Crippen molar-refractivity contribution in [2.24, 2.45) is 0 Å². The molecule has 4 heteroatoms. The molecule has 0 heterocycles. The minimum Gasteiger partial charge on any atom is -0.423 e. The molecule has 3 rings (SSSR count). The highest BCUT2D eigenvalue weighted by Crippen LogP contribution is 2.21. The first kappa shape index (κ1) is 27.2. The van der Waals surface area contributed by atoms with Crippen LogP contribution in [0.3, 0.4) is 0 Å². The second kappa shape index (κ2) is 14.9. The molecule has 0 N–H and O–H groups in total. The van der Waals surface area contributed by atoms with E-state index in [4.69, 9.17) is 9.47 Å². The number of hydrogen-bond acceptors (Lipinski definition) is 4. The Bertz CT molecular complexity index is 978. The summed E-state index contributed by atoms with van der Waals surface area (Å²) in [5, 5.41) is 0. The molecule has 0 radical (unpaired) electrons. The molecule has 0 aromatic heterocycles. The molecular formula is C32H38O4. The fourth-order valence-electron chi connectivity index (χ4n) is 4.03. The Morgan fingerprint density at radius 3 is 1.19 bits per heavy atom. The van der Waals surface area contributed by atoms with E-state index in [0.717, 1.165) is 12.8 Å². The zero-order valence-electron chi connectivity index (χ0n) is 21.6. The number of benzene rings is 3. The molecule has 0 spiro atoms. The van der Waals surface area contributed by atoms with E-state index in [1.807, 2.05) is 48.5 Å². The lowest BCUT2D eigenvalue weighted by Gasteiger charge is -2.08. The number of carbonyl (C=O) groups is 2. The standard InChI is InChI=1S/C32H38O4/c1-3-5-7-9-11-25-13-17-27(18-14-25)31(33)35-29-21-23-30(24-22-29)36-32(34)28-19-15-26(16-20-28)12-10-8-6-4-2/h13-24H,3-12H2,1-2H3. The molecule has 0 fully saturated rings. The average molecular weight is 487 g/mol. The average Bonchev–Trinajstić information content (AvgIpc) is 2.91. The Morgan fingerprint density at radius 1 is 0.500 bits per heavy atom. The third-order valence-electron chi connectivity index (χ3n) is 6.26. The van der Waals surface area contributed by atoms with Crippen molar-refractivity contribution in [3.63, 3.8) is 0 Å². The quantitative estimate of drug-likeness (QED) is 0.130. The first-order valence-electron chi connectivity index (χ1n) is 13.3. The van der Waals surface area contributed by atoms with E-state index >= 15 is 0 Å². The molecular weight excluding hydrogens is 448 g/mol. The van der Waals surface area contributed by atoms with Crippen LogP contribution < -0.4 is 9.47 Å². The summed E-state index contributed by atoms with van der Waals surface area (Å²) in [5.74, 6) is -0.0224. The van der Waals surface area contributed by atoms with Crippen molar-refractivity contribution < 1.29 is 19.1 Å². The van der Waals surface area contributed by atoms with Crippen LogP contribution in [0.5, 0.6) is 11.5 Å². The van der Waals surface area contributed by atoms with E-state index in [2.05, 4.69) is 13.8 Å². The van der Waals surface area contributed by atoms with Gasteiger partial charge >= 0.3 is 11.9 Å². The van der Waals surface area contributed by atoms with E-state index in [1.165, 1.54) is 62.5 Å². The predicted molar refractivity (Wildman–Crippen MR) is 145 cm³/mol. The van der Waals surface area contributed by atoms with Gasteiger partial charge in [0, 0.05) is 0 Å². The van der Waals surface area contributed by atoms with E-state index in [1.54, 1.807) is 24.3 Å². The fourth-order valence-corrected chi connectivity index (χ4v) is 4.03. The van der Waals surface area contributed by atoms with Crippen molar-refractivity contribution >= 4 is 11.9 Å². The number of aryl methyl sites for hydroxylation is 2. The van der Waals surface area contributed by atoms with E-state index in [0.29, 0.717) is 22.6 Å². The van der Waals surface area contributed by atoms with Crippen LogP contribution >= 0.6 is 0 Å². The van der Waals surface area contributed by atoms with Gasteiger partial charge in [0.2, 0.25) is 0 Å². The smallest absolute Gasteiger partial charge is 0.343 e. The van der Waals surface area contributed by atoms with Crippen molar-refractivity contribution in [1.29, 1.82) is 0 Å². The number of carbonyl (C=O) groups excluding carboxylic acids is 2. The summed E-state index contributed by atoms with van der Waals surface area (Å²) in [6.45, 7) is 4.41. The van der Waals surface area contributed by atoms with Crippen LogP contribution in [0.1, 0.15) is 97.1 Å². The van der Waals surface area contributed by atoms with Gasteiger partial charge < -0.3 is 9.47 Å². The molecule has 4 nitrogen and oxygen atoms in total. The summed E-state index contributed by atoms with van der Waals surface area (Å²) in [5.41, 5.74) is 3.49. The van der Waals surface area contributed by atoms with E-state index in [9.17, 15) is 9.59 Å². The zero-order valence-corrected chi connectivity index (χ0v) is 21.6. The number of ether oxygens (including phenoxy) is 2. The summed E-state index contributed by atoms with van der Waals surface area (Å²) in [7, 11) is 0. The molecule has 190 valence electrons. The Labute approximate surface area is 215 Å². The summed E-state index contributed by atoms with van der Waals surface area (Å²) in [6, 6.07) is 21.7. The van der Waals surface area contributed by atoms with Gasteiger partial charge in [-0.15, -0.1) is 0 Å². The zero-order chi connectivity index (χ0) is 25.6. The van der Waals surface area contributed by atoms with Crippen LogP contribution in [0.2, 0.25) is 0 Å². The maximum Gasteiger partial charge on any atom is 0.343 e. The Balaban J connectivity index is 1.47. The molecule has 0 bridgehead atoms. The molecule has 3 aromatic carbocycles. The Kier molecular flexibility index (Phi) is 11.2. The van der Waals surface area contributed by atoms with Crippen LogP contribution in [-0.4, -0.2) is 11.9 Å². The highest BCUT2D eigenvalue weighted by Gasteiger charge is 2.11. The summed E-state index contributed by atoms with van der Waals surface area (Å²) >= 11 is 0. The normalized spacial score (nSPS) is 10.7. The monoisotopic (exact) mass is 486 g/mol. The van der Waals surface area contributed by atoms with Gasteiger partial charge in [-0.3, -0.25) is 0 Å². The molecule has 0 amide bonds. The lowest BCUT2D eigenvalue weighted by Crippen LogP contribution is -2.09. The summed E-state index contributed by atoms with van der Waals surface area (Å²) < 4.78 is 11.0. The maximum absolute atomic E-state index is 12.5. The number of unbranched alkanes of at least 4 members (excludes halogenated alkanes) is 6. The molecule has 0 saturated heterocycles. The third-order valence-corrected chi connectivity index (χ3v) is 6.26. The van der Waals surface area contributed by atoms with Crippen LogP contribution in [0.4, 0.5) is 0 Å². The van der Waals surface area contributed by atoms with Gasteiger partial charge in [0.25, 0.3) is 0 Å². The van der Waals surface area contributed by atoms with Crippen LogP contribution in [-0.2, 0) is 12.8 Å². The molecule has 0 aliphatic carbocycles. The first-order chi connectivity index (χ1) is 17.6. The molecule has 0 aliphatic rings. The van der Waals surface area contributed by atoms with Gasteiger partial charge in [0.1, 0.15) is 11.5 Å². The van der Waals surface area contributed by atoms with Gasteiger partial charge in [-0.1, -0.05) is 76.6 Å². The van der Waals surface area contributed by atoms with Crippen LogP contribution in [0.15, 0.2) is 72.8 Å². The second-order valence-corrected chi connectivity index (χ2v) is 9.27. The van der Waals surface area contributed by atoms with Crippen molar-refractivity contribution in [2.45, 2.75) is 78.1 Å². The number of hydrogen-bond donors (Lipinski definition) is 0. The highest BCUT2D eigenvalue weighted by molar-refractivity contribution is 5.92. The van der Waals surface area contributed by atoms with Gasteiger partial charge in [0.15, 0.2) is 0 Å². The minimum atomic E-state index is -0.410. The Morgan fingerprint density at radius 2 is 0.861 bits per heavy atom. The number of rotatable bonds is 14. The van der Waals surface area contributed by atoms with Crippen molar-refractivity contribution in [3.8, 4) is 11.5 Å². The molecule has 0 aliphatic heterocycles. The minimum absolute atomic E-state index is 0.399. The SMILES string of the molecule is CCCCCCc1ccc(C(=O)Oc2ccc(OC(=O)c3ccc(CCCCCC)cc3)cc2)cc1. The van der Waals surface area contributed by atoms with Gasteiger partial charge in [-0.25, -0.2) is 9.59 Å². The van der Waals surface area contributed by atoms with Gasteiger partial charge in [0.05, 0.1) is 11.1 Å².